The minimum Gasteiger partial charge on any atom is -0.497 e. The first-order valence-corrected chi connectivity index (χ1v) is 7.94. The Hall–Kier alpha value is -2.53. The van der Waals surface area contributed by atoms with Crippen molar-refractivity contribution in [2.45, 2.75) is 12.8 Å². The van der Waals surface area contributed by atoms with Crippen LogP contribution in [0, 0.1) is 5.41 Å². The minimum atomic E-state index is -1.01. The summed E-state index contributed by atoms with van der Waals surface area (Å²) in [4.78, 5) is 25.0. The van der Waals surface area contributed by atoms with E-state index in [9.17, 15) is 9.59 Å². The zero-order chi connectivity index (χ0) is 17.2. The fraction of sp³-hybridized carbons (Fsp3) is 0.222. The number of hydrogen-bond acceptors (Lipinski definition) is 3. The number of benzene rings is 2. The molecule has 0 unspecified atom stereocenters. The van der Waals surface area contributed by atoms with Gasteiger partial charge in [-0.15, -0.1) is 0 Å². The highest BCUT2D eigenvalue weighted by molar-refractivity contribution is 6.31. The van der Waals surface area contributed by atoms with Gasteiger partial charge in [0, 0.05) is 16.4 Å². The van der Waals surface area contributed by atoms with Gasteiger partial charge in [-0.3, -0.25) is 9.59 Å². The molecule has 1 saturated carbocycles. The lowest BCUT2D eigenvalue weighted by Crippen LogP contribution is -2.35. The Labute approximate surface area is 145 Å². The second kappa shape index (κ2) is 6.53. The highest BCUT2D eigenvalue weighted by Crippen LogP contribution is 2.47. The third-order valence-corrected chi connectivity index (χ3v) is 4.28. The molecule has 2 aromatic rings. The lowest BCUT2D eigenvalue weighted by Gasteiger charge is -2.15. The van der Waals surface area contributed by atoms with Gasteiger partial charge < -0.3 is 15.4 Å². The van der Waals surface area contributed by atoms with E-state index in [0.29, 0.717) is 35.0 Å². The van der Waals surface area contributed by atoms with E-state index < -0.39 is 5.41 Å². The predicted octanol–water partition coefficient (Wildman–Crippen LogP) is 3.71. The van der Waals surface area contributed by atoms with Gasteiger partial charge in [0.1, 0.15) is 11.2 Å². The van der Waals surface area contributed by atoms with Crippen LogP contribution in [-0.2, 0) is 9.59 Å². The van der Waals surface area contributed by atoms with Crippen LogP contribution in [0.5, 0.6) is 5.75 Å². The summed E-state index contributed by atoms with van der Waals surface area (Å²) < 4.78 is 5.08. The van der Waals surface area contributed by atoms with Gasteiger partial charge in [-0.2, -0.15) is 0 Å². The number of anilines is 2. The SMILES string of the molecule is COc1ccc(NC(=O)C2(C(=O)Nc3cccc(Cl)c3)CC2)cc1. The number of rotatable bonds is 5. The number of halogens is 1. The lowest BCUT2D eigenvalue weighted by molar-refractivity contribution is -0.131. The number of amides is 2. The van der Waals surface area contributed by atoms with E-state index in [-0.39, 0.29) is 11.8 Å². The number of ether oxygens (including phenoxy) is 1. The van der Waals surface area contributed by atoms with Crippen molar-refractivity contribution < 1.29 is 14.3 Å². The zero-order valence-corrected chi connectivity index (χ0v) is 13.9. The highest BCUT2D eigenvalue weighted by atomic mass is 35.5. The Kier molecular flexibility index (Phi) is 4.44. The van der Waals surface area contributed by atoms with E-state index in [1.165, 1.54) is 0 Å². The van der Waals surface area contributed by atoms with Gasteiger partial charge >= 0.3 is 0 Å². The molecule has 24 heavy (non-hydrogen) atoms. The molecule has 5 nitrogen and oxygen atoms in total. The molecule has 1 fully saturated rings. The Morgan fingerprint density at radius 2 is 1.62 bits per heavy atom. The maximum atomic E-state index is 12.5. The molecule has 0 radical (unpaired) electrons. The standard InChI is InChI=1S/C18H17ClN2O3/c1-24-15-7-5-13(6-8-15)20-16(22)18(9-10-18)17(23)21-14-4-2-3-12(19)11-14/h2-8,11H,9-10H2,1H3,(H,20,22)(H,21,23). The van der Waals surface area contributed by atoms with E-state index >= 15 is 0 Å². The lowest BCUT2D eigenvalue weighted by atomic mass is 10.0. The van der Waals surface area contributed by atoms with E-state index in [2.05, 4.69) is 10.6 Å². The monoisotopic (exact) mass is 344 g/mol. The average Bonchev–Trinajstić information content (AvgIpc) is 3.37. The van der Waals surface area contributed by atoms with Crippen molar-refractivity contribution in [3.63, 3.8) is 0 Å². The molecule has 0 heterocycles. The van der Waals surface area contributed by atoms with Crippen LogP contribution >= 0.6 is 11.6 Å². The van der Waals surface area contributed by atoms with E-state index in [1.54, 1.807) is 55.6 Å². The molecule has 6 heteroatoms. The van der Waals surface area contributed by atoms with Gasteiger partial charge in [-0.25, -0.2) is 0 Å². The molecule has 0 spiro atoms. The molecule has 1 aliphatic carbocycles. The number of carbonyl (C=O) groups excluding carboxylic acids is 2. The molecule has 0 saturated heterocycles. The molecule has 0 aliphatic heterocycles. The summed E-state index contributed by atoms with van der Waals surface area (Å²) in [6.45, 7) is 0. The summed E-state index contributed by atoms with van der Waals surface area (Å²) in [5.41, 5.74) is 0.195. The summed E-state index contributed by atoms with van der Waals surface area (Å²) in [6.07, 6.45) is 1.06. The van der Waals surface area contributed by atoms with Crippen molar-refractivity contribution in [1.29, 1.82) is 0 Å². The fourth-order valence-electron chi connectivity index (χ4n) is 2.42. The van der Waals surface area contributed by atoms with Gasteiger partial charge in [0.05, 0.1) is 7.11 Å². The van der Waals surface area contributed by atoms with Crippen LogP contribution in [0.25, 0.3) is 0 Å². The third kappa shape index (κ3) is 3.36. The molecule has 2 amide bonds. The molecule has 2 aromatic carbocycles. The predicted molar refractivity (Wildman–Crippen MR) is 93.4 cm³/mol. The molecule has 1 aliphatic rings. The third-order valence-electron chi connectivity index (χ3n) is 4.05. The highest BCUT2D eigenvalue weighted by Gasteiger charge is 2.56. The Bertz CT molecular complexity index is 770. The number of methoxy groups -OCH3 is 1. The molecule has 2 N–H and O–H groups in total. The molecular weight excluding hydrogens is 328 g/mol. The van der Waals surface area contributed by atoms with E-state index in [0.717, 1.165) is 0 Å². The summed E-state index contributed by atoms with van der Waals surface area (Å²) in [6, 6.07) is 13.8. The first-order chi connectivity index (χ1) is 11.5. The van der Waals surface area contributed by atoms with Gasteiger partial charge in [-0.1, -0.05) is 17.7 Å². The largest absolute Gasteiger partial charge is 0.497 e. The molecule has 0 aromatic heterocycles. The van der Waals surface area contributed by atoms with Gasteiger partial charge in [-0.05, 0) is 55.3 Å². The second-order valence-corrected chi connectivity index (χ2v) is 6.17. The zero-order valence-electron chi connectivity index (χ0n) is 13.1. The van der Waals surface area contributed by atoms with Crippen molar-refractivity contribution in [1.82, 2.24) is 0 Å². The minimum absolute atomic E-state index is 0.299. The van der Waals surface area contributed by atoms with Crippen LogP contribution in [0.2, 0.25) is 5.02 Å². The summed E-state index contributed by atoms with van der Waals surface area (Å²) in [7, 11) is 1.58. The van der Waals surface area contributed by atoms with Crippen LogP contribution < -0.4 is 15.4 Å². The van der Waals surface area contributed by atoms with Gasteiger partial charge in [0.15, 0.2) is 0 Å². The first kappa shape index (κ1) is 16.3. The summed E-state index contributed by atoms with van der Waals surface area (Å²) in [5, 5.41) is 6.09. The molecule has 3 rings (SSSR count). The number of hydrogen-bond donors (Lipinski definition) is 2. The van der Waals surface area contributed by atoms with Crippen molar-refractivity contribution in [2.24, 2.45) is 5.41 Å². The average molecular weight is 345 g/mol. The Balaban J connectivity index is 1.68. The molecule has 124 valence electrons. The smallest absolute Gasteiger partial charge is 0.240 e. The van der Waals surface area contributed by atoms with E-state index in [1.807, 2.05) is 0 Å². The maximum Gasteiger partial charge on any atom is 0.240 e. The van der Waals surface area contributed by atoms with Gasteiger partial charge in [0.2, 0.25) is 11.8 Å². The Morgan fingerprint density at radius 3 is 2.17 bits per heavy atom. The van der Waals surface area contributed by atoms with Crippen molar-refractivity contribution in [3.05, 3.63) is 53.6 Å². The first-order valence-electron chi connectivity index (χ1n) is 7.56. The van der Waals surface area contributed by atoms with Crippen molar-refractivity contribution in [3.8, 4) is 5.75 Å². The summed E-state index contributed by atoms with van der Waals surface area (Å²) in [5.74, 6) is 0.0933. The van der Waals surface area contributed by atoms with Crippen LogP contribution in [0.15, 0.2) is 48.5 Å². The maximum absolute atomic E-state index is 12.5. The van der Waals surface area contributed by atoms with Crippen LogP contribution in [0.1, 0.15) is 12.8 Å². The van der Waals surface area contributed by atoms with Crippen LogP contribution in [0.3, 0.4) is 0 Å². The Morgan fingerprint density at radius 1 is 1.00 bits per heavy atom. The molecule has 0 atom stereocenters. The number of carbonyl (C=O) groups is 2. The summed E-state index contributed by atoms with van der Waals surface area (Å²) >= 11 is 5.91. The van der Waals surface area contributed by atoms with Crippen molar-refractivity contribution in [2.75, 3.05) is 17.7 Å². The quantitative estimate of drug-likeness (QED) is 0.812. The normalized spacial score (nSPS) is 14.6. The molecule has 0 bridgehead atoms. The number of nitrogens with one attached hydrogen (secondary N) is 2. The van der Waals surface area contributed by atoms with Gasteiger partial charge in [0.25, 0.3) is 0 Å². The molecular formula is C18H17ClN2O3. The second-order valence-electron chi connectivity index (χ2n) is 5.73. The van der Waals surface area contributed by atoms with Crippen molar-refractivity contribution >= 4 is 34.8 Å². The van der Waals surface area contributed by atoms with Crippen LogP contribution in [-0.4, -0.2) is 18.9 Å². The topological polar surface area (TPSA) is 67.4 Å². The fourth-order valence-corrected chi connectivity index (χ4v) is 2.61. The van der Waals surface area contributed by atoms with E-state index in [4.69, 9.17) is 16.3 Å². The van der Waals surface area contributed by atoms with Crippen LogP contribution in [0.4, 0.5) is 11.4 Å².